The van der Waals surface area contributed by atoms with Crippen LogP contribution in [-0.2, 0) is 0 Å². The number of ether oxygens (including phenoxy) is 1. The smallest absolute Gasteiger partial charge is 0.423 e. The Kier molecular flexibility index (Phi) is 6.79. The molecule has 0 aliphatic carbocycles. The molecule has 0 aliphatic rings. The van der Waals surface area contributed by atoms with Crippen LogP contribution < -0.4 is 4.74 Å². The summed E-state index contributed by atoms with van der Waals surface area (Å²) in [7, 11) is 0. The van der Waals surface area contributed by atoms with Gasteiger partial charge in [-0.1, -0.05) is 38.3 Å². The molecule has 0 N–H and O–H groups in total. The zero-order chi connectivity index (χ0) is 20.9. The zero-order valence-electron chi connectivity index (χ0n) is 15.2. The van der Waals surface area contributed by atoms with Crippen LogP contribution in [0.2, 0.25) is 0 Å². The first-order chi connectivity index (χ1) is 13.1. The molecular formula is C21H17F5O2. The molecule has 2 aromatic carbocycles. The molecule has 2 aromatic rings. The van der Waals surface area contributed by atoms with Crippen LogP contribution >= 0.6 is 0 Å². The second-order valence-corrected chi connectivity index (χ2v) is 6.21. The summed E-state index contributed by atoms with van der Waals surface area (Å²) in [5.74, 6) is -1.52. The lowest BCUT2D eigenvalue weighted by Crippen LogP contribution is -2.09. The molecule has 1 unspecified atom stereocenters. The average Bonchev–Trinajstić information content (AvgIpc) is 2.60. The van der Waals surface area contributed by atoms with E-state index in [0.717, 1.165) is 24.3 Å². The molecule has 0 spiro atoms. The second-order valence-electron chi connectivity index (χ2n) is 6.21. The largest absolute Gasteiger partial charge is 0.458 e. The van der Waals surface area contributed by atoms with Gasteiger partial charge in [0.1, 0.15) is 17.4 Å². The minimum Gasteiger partial charge on any atom is -0.423 e. The molecule has 0 saturated carbocycles. The SMILES string of the molecule is CCCC(C)c1ccc(C(=O)Oc2cc(F)c(C#CC(F)(F)F)c(F)c2)cc1. The number of benzene rings is 2. The van der Waals surface area contributed by atoms with Gasteiger partial charge in [0.05, 0.1) is 11.1 Å². The van der Waals surface area contributed by atoms with Crippen LogP contribution in [0.1, 0.15) is 54.1 Å². The summed E-state index contributed by atoms with van der Waals surface area (Å²) in [6, 6.07) is 7.85. The van der Waals surface area contributed by atoms with Gasteiger partial charge in [-0.3, -0.25) is 0 Å². The van der Waals surface area contributed by atoms with Crippen LogP contribution in [0.25, 0.3) is 0 Å². The third-order valence-electron chi connectivity index (χ3n) is 3.99. The van der Waals surface area contributed by atoms with Gasteiger partial charge in [-0.25, -0.2) is 13.6 Å². The van der Waals surface area contributed by atoms with Crippen LogP contribution in [0.15, 0.2) is 36.4 Å². The molecular weight excluding hydrogens is 379 g/mol. The Balaban J connectivity index is 2.17. The number of esters is 1. The van der Waals surface area contributed by atoms with Crippen molar-refractivity contribution in [1.82, 2.24) is 0 Å². The standard InChI is InChI=1S/C21H17F5O2/c1-3-4-13(2)14-5-7-15(8-6-14)20(27)28-16-11-18(22)17(19(23)12-16)9-10-21(24,25)26/h5-8,11-13H,3-4H2,1-2H3. The van der Waals surface area contributed by atoms with Crippen molar-refractivity contribution in [1.29, 1.82) is 0 Å². The number of hydrogen-bond donors (Lipinski definition) is 0. The molecule has 2 nitrogen and oxygen atoms in total. The number of halogens is 5. The lowest BCUT2D eigenvalue weighted by molar-refractivity contribution is -0.0696. The molecule has 28 heavy (non-hydrogen) atoms. The molecule has 0 amide bonds. The predicted octanol–water partition coefficient (Wildman–Crippen LogP) is 6.00. The summed E-state index contributed by atoms with van der Waals surface area (Å²) in [5.41, 5.74) is 0.170. The summed E-state index contributed by atoms with van der Waals surface area (Å²) in [5, 5.41) is 0. The summed E-state index contributed by atoms with van der Waals surface area (Å²) in [6.07, 6.45) is -2.87. The first-order valence-corrected chi connectivity index (χ1v) is 8.51. The maximum atomic E-state index is 13.9. The van der Waals surface area contributed by atoms with E-state index in [1.165, 1.54) is 5.92 Å². The Morgan fingerprint density at radius 3 is 2.18 bits per heavy atom. The van der Waals surface area contributed by atoms with Crippen molar-refractivity contribution in [3.63, 3.8) is 0 Å². The first kappa shape index (κ1) is 21.4. The molecule has 0 radical (unpaired) electrons. The average molecular weight is 396 g/mol. The lowest BCUT2D eigenvalue weighted by Gasteiger charge is -2.11. The van der Waals surface area contributed by atoms with Crippen LogP contribution in [0, 0.1) is 23.5 Å². The quantitative estimate of drug-likeness (QED) is 0.268. The van der Waals surface area contributed by atoms with Crippen molar-refractivity contribution in [2.75, 3.05) is 0 Å². The molecule has 148 valence electrons. The normalized spacial score (nSPS) is 12.1. The summed E-state index contributed by atoms with van der Waals surface area (Å²) in [6.45, 7) is 4.13. The topological polar surface area (TPSA) is 26.3 Å². The predicted molar refractivity (Wildman–Crippen MR) is 94.0 cm³/mol. The first-order valence-electron chi connectivity index (χ1n) is 8.51. The molecule has 0 fully saturated rings. The van der Waals surface area contributed by atoms with Gasteiger partial charge in [0.25, 0.3) is 0 Å². The highest BCUT2D eigenvalue weighted by Crippen LogP contribution is 2.24. The fourth-order valence-electron chi connectivity index (χ4n) is 2.57. The second kappa shape index (κ2) is 8.87. The minimum absolute atomic E-state index is 0.175. The molecule has 0 heterocycles. The van der Waals surface area contributed by atoms with Gasteiger partial charge in [0.15, 0.2) is 0 Å². The van der Waals surface area contributed by atoms with Crippen LogP contribution in [0.3, 0.4) is 0 Å². The summed E-state index contributed by atoms with van der Waals surface area (Å²) < 4.78 is 68.9. The van der Waals surface area contributed by atoms with E-state index in [9.17, 15) is 26.7 Å². The van der Waals surface area contributed by atoms with Crippen molar-refractivity contribution < 1.29 is 31.5 Å². The number of carbonyl (C=O) groups excluding carboxylic acids is 1. The minimum atomic E-state index is -4.88. The third kappa shape index (κ3) is 5.81. The Bertz CT molecular complexity index is 882. The van der Waals surface area contributed by atoms with Gasteiger partial charge < -0.3 is 4.74 Å². The van der Waals surface area contributed by atoms with Crippen LogP contribution in [0.5, 0.6) is 5.75 Å². The van der Waals surface area contributed by atoms with E-state index in [2.05, 4.69) is 13.8 Å². The van der Waals surface area contributed by atoms with E-state index in [1.807, 2.05) is 0 Å². The van der Waals surface area contributed by atoms with E-state index in [4.69, 9.17) is 4.74 Å². The number of alkyl halides is 3. The van der Waals surface area contributed by atoms with E-state index >= 15 is 0 Å². The summed E-state index contributed by atoms with van der Waals surface area (Å²) in [4.78, 5) is 12.1. The fraction of sp³-hybridized carbons (Fsp3) is 0.286. The molecule has 7 heteroatoms. The Hall–Kier alpha value is -2.88. The van der Waals surface area contributed by atoms with Crippen molar-refractivity contribution in [3.05, 3.63) is 64.7 Å². The van der Waals surface area contributed by atoms with E-state index in [0.29, 0.717) is 18.1 Å². The zero-order valence-corrected chi connectivity index (χ0v) is 15.2. The van der Waals surface area contributed by atoms with Crippen LogP contribution in [0.4, 0.5) is 22.0 Å². The Labute approximate surface area is 159 Å². The van der Waals surface area contributed by atoms with Gasteiger partial charge in [-0.05, 0) is 30.0 Å². The highest BCUT2D eigenvalue weighted by molar-refractivity contribution is 5.91. The van der Waals surface area contributed by atoms with Crippen molar-refractivity contribution in [2.24, 2.45) is 0 Å². The van der Waals surface area contributed by atoms with Crippen molar-refractivity contribution >= 4 is 5.97 Å². The Morgan fingerprint density at radius 2 is 1.68 bits per heavy atom. The number of carbonyl (C=O) groups is 1. The molecule has 2 rings (SSSR count). The highest BCUT2D eigenvalue weighted by atomic mass is 19.4. The van der Waals surface area contributed by atoms with Crippen molar-refractivity contribution in [3.8, 4) is 17.6 Å². The van der Waals surface area contributed by atoms with Gasteiger partial charge in [-0.2, -0.15) is 13.2 Å². The van der Waals surface area contributed by atoms with Crippen LogP contribution in [-0.4, -0.2) is 12.1 Å². The van der Waals surface area contributed by atoms with Gasteiger partial charge in [0, 0.05) is 18.1 Å². The third-order valence-corrected chi connectivity index (χ3v) is 3.99. The fourth-order valence-corrected chi connectivity index (χ4v) is 2.57. The van der Waals surface area contributed by atoms with E-state index < -0.39 is 35.1 Å². The number of hydrogen-bond acceptors (Lipinski definition) is 2. The maximum absolute atomic E-state index is 13.9. The van der Waals surface area contributed by atoms with Gasteiger partial charge in [0.2, 0.25) is 0 Å². The Morgan fingerprint density at radius 1 is 1.11 bits per heavy atom. The van der Waals surface area contributed by atoms with E-state index in [-0.39, 0.29) is 5.56 Å². The monoisotopic (exact) mass is 396 g/mol. The van der Waals surface area contributed by atoms with E-state index in [1.54, 1.807) is 24.3 Å². The molecule has 1 atom stereocenters. The summed E-state index contributed by atoms with van der Waals surface area (Å²) >= 11 is 0. The molecule has 0 saturated heterocycles. The van der Waals surface area contributed by atoms with Gasteiger partial charge >= 0.3 is 12.1 Å². The van der Waals surface area contributed by atoms with Gasteiger partial charge in [-0.15, -0.1) is 0 Å². The molecule has 0 aromatic heterocycles. The van der Waals surface area contributed by atoms with Crippen molar-refractivity contribution in [2.45, 2.75) is 38.8 Å². The highest BCUT2D eigenvalue weighted by Gasteiger charge is 2.24. The number of rotatable bonds is 5. The maximum Gasteiger partial charge on any atom is 0.458 e. The molecule has 0 bridgehead atoms. The lowest BCUT2D eigenvalue weighted by atomic mass is 9.96. The molecule has 0 aliphatic heterocycles.